The monoisotopic (exact) mass is 284 g/mol. The molecule has 0 unspecified atom stereocenters. The lowest BCUT2D eigenvalue weighted by Crippen LogP contribution is -2.05. The van der Waals surface area contributed by atoms with Gasteiger partial charge in [0.25, 0.3) is 0 Å². The van der Waals surface area contributed by atoms with Crippen LogP contribution in [0.4, 0.5) is 0 Å². The largest absolute Gasteiger partial charge is 0.465 e. The van der Waals surface area contributed by atoms with Crippen molar-refractivity contribution in [3.05, 3.63) is 51.2 Å². The second-order valence-electron chi connectivity index (χ2n) is 3.62. The maximum absolute atomic E-state index is 11.6. The van der Waals surface area contributed by atoms with Gasteiger partial charge in [-0.15, -0.1) is 0 Å². The number of benzene rings is 1. The molecular weight excluding hydrogens is 276 g/mol. The van der Waals surface area contributed by atoms with Crippen molar-refractivity contribution in [2.45, 2.75) is 0 Å². The van der Waals surface area contributed by atoms with Crippen molar-refractivity contribution < 1.29 is 17.9 Å². The number of carbonyl (C=O) groups excluding carboxylic acids is 1. The lowest BCUT2D eigenvalue weighted by molar-refractivity contribution is -0.135. The molecule has 0 spiro atoms. The minimum Gasteiger partial charge on any atom is -0.465 e. The van der Waals surface area contributed by atoms with E-state index in [0.29, 0.717) is 10.6 Å². The highest BCUT2D eigenvalue weighted by Crippen LogP contribution is 2.35. The molecule has 1 aliphatic heterocycles. The second kappa shape index (κ2) is 4.59. The highest BCUT2D eigenvalue weighted by Gasteiger charge is 2.28. The van der Waals surface area contributed by atoms with Crippen LogP contribution in [0.1, 0.15) is 5.56 Å². The van der Waals surface area contributed by atoms with Crippen molar-refractivity contribution in [1.82, 2.24) is 0 Å². The van der Waals surface area contributed by atoms with E-state index in [1.54, 1.807) is 24.3 Å². The Morgan fingerprint density at radius 3 is 2.50 bits per heavy atom. The minimum absolute atomic E-state index is 0.00870. The summed E-state index contributed by atoms with van der Waals surface area (Å²) >= 11 is 6.00. The normalized spacial score (nSPS) is 17.0. The number of halogens is 1. The summed E-state index contributed by atoms with van der Waals surface area (Å²) in [6.45, 7) is 0. The van der Waals surface area contributed by atoms with Crippen LogP contribution in [0.2, 0.25) is 5.02 Å². The zero-order valence-electron chi connectivity index (χ0n) is 9.38. The fraction of sp³-hybridized carbons (Fsp3) is 0.0833. The minimum atomic E-state index is -3.55. The van der Waals surface area contributed by atoms with Gasteiger partial charge in [0.15, 0.2) is 9.84 Å². The maximum Gasteiger partial charge on any atom is 0.339 e. The van der Waals surface area contributed by atoms with Gasteiger partial charge in [0, 0.05) is 21.6 Å². The number of sulfone groups is 1. The number of esters is 1. The topological polar surface area (TPSA) is 60.4 Å². The summed E-state index contributed by atoms with van der Waals surface area (Å²) in [6, 6.07) is 6.70. The van der Waals surface area contributed by atoms with Gasteiger partial charge in [0.2, 0.25) is 0 Å². The van der Waals surface area contributed by atoms with Gasteiger partial charge >= 0.3 is 5.97 Å². The standard InChI is InChI=1S/C12H9ClO4S/c1-17-12(14)10-7-18(15,16)6-9(10)8-4-2-3-5-11(8)13/h2-7H,1H3. The number of hydrogen-bond donors (Lipinski definition) is 0. The Bertz CT molecular complexity index is 671. The number of carbonyl (C=O) groups is 1. The summed E-state index contributed by atoms with van der Waals surface area (Å²) < 4.78 is 27.7. The molecule has 0 radical (unpaired) electrons. The summed E-state index contributed by atoms with van der Waals surface area (Å²) in [5.74, 6) is -0.706. The van der Waals surface area contributed by atoms with E-state index in [2.05, 4.69) is 4.74 Å². The van der Waals surface area contributed by atoms with Gasteiger partial charge in [-0.3, -0.25) is 0 Å². The Balaban J connectivity index is 2.61. The molecule has 0 bridgehead atoms. The Morgan fingerprint density at radius 1 is 1.22 bits per heavy atom. The molecule has 0 aromatic heterocycles. The van der Waals surface area contributed by atoms with E-state index in [9.17, 15) is 13.2 Å². The molecular formula is C12H9ClO4S. The molecule has 1 aromatic rings. The van der Waals surface area contributed by atoms with Gasteiger partial charge in [-0.25, -0.2) is 13.2 Å². The Kier molecular flexibility index (Phi) is 3.28. The molecule has 0 fully saturated rings. The van der Waals surface area contributed by atoms with E-state index >= 15 is 0 Å². The summed E-state index contributed by atoms with van der Waals surface area (Å²) in [5, 5.41) is 2.27. The molecule has 94 valence electrons. The molecule has 1 aromatic carbocycles. The maximum atomic E-state index is 11.6. The summed E-state index contributed by atoms with van der Waals surface area (Å²) in [5.41, 5.74) is 0.731. The van der Waals surface area contributed by atoms with Crippen LogP contribution in [-0.2, 0) is 19.4 Å². The Labute approximate surface area is 109 Å². The van der Waals surface area contributed by atoms with Crippen molar-refractivity contribution in [2.75, 3.05) is 7.11 Å². The third kappa shape index (κ3) is 2.32. The van der Waals surface area contributed by atoms with Gasteiger partial charge in [-0.1, -0.05) is 29.8 Å². The van der Waals surface area contributed by atoms with E-state index in [4.69, 9.17) is 11.6 Å². The van der Waals surface area contributed by atoms with E-state index in [-0.39, 0.29) is 11.1 Å². The zero-order valence-corrected chi connectivity index (χ0v) is 11.0. The molecule has 0 amide bonds. The van der Waals surface area contributed by atoms with Crippen molar-refractivity contribution in [2.24, 2.45) is 0 Å². The van der Waals surface area contributed by atoms with Crippen LogP contribution in [0, 0.1) is 0 Å². The SMILES string of the molecule is COC(=O)C1=CS(=O)(=O)C=C1c1ccccc1Cl. The molecule has 0 N–H and O–H groups in total. The first-order valence-corrected chi connectivity index (χ1v) is 6.95. The third-order valence-electron chi connectivity index (χ3n) is 2.42. The molecule has 0 saturated heterocycles. The first kappa shape index (κ1) is 12.9. The Morgan fingerprint density at radius 2 is 1.89 bits per heavy atom. The lowest BCUT2D eigenvalue weighted by atomic mass is 10.0. The van der Waals surface area contributed by atoms with Crippen LogP contribution in [0.3, 0.4) is 0 Å². The van der Waals surface area contributed by atoms with Crippen LogP contribution >= 0.6 is 11.6 Å². The Hall–Kier alpha value is -1.59. The van der Waals surface area contributed by atoms with Crippen LogP contribution in [0.5, 0.6) is 0 Å². The first-order chi connectivity index (χ1) is 8.44. The predicted octanol–water partition coefficient (Wildman–Crippen LogP) is 2.17. The number of hydrogen-bond acceptors (Lipinski definition) is 4. The fourth-order valence-electron chi connectivity index (χ4n) is 1.65. The van der Waals surface area contributed by atoms with E-state index in [1.807, 2.05) is 0 Å². The molecule has 6 heteroatoms. The van der Waals surface area contributed by atoms with Gasteiger partial charge < -0.3 is 4.74 Å². The van der Waals surface area contributed by atoms with Crippen LogP contribution in [0.25, 0.3) is 5.57 Å². The first-order valence-electron chi connectivity index (χ1n) is 4.96. The summed E-state index contributed by atoms with van der Waals surface area (Å²) in [4.78, 5) is 11.6. The van der Waals surface area contributed by atoms with Crippen molar-refractivity contribution in [3.63, 3.8) is 0 Å². The molecule has 1 heterocycles. The molecule has 0 atom stereocenters. The van der Waals surface area contributed by atoms with Crippen LogP contribution in [0.15, 0.2) is 40.7 Å². The smallest absolute Gasteiger partial charge is 0.339 e. The molecule has 4 nitrogen and oxygen atoms in total. The number of methoxy groups -OCH3 is 1. The molecule has 18 heavy (non-hydrogen) atoms. The highest BCUT2D eigenvalue weighted by atomic mass is 35.5. The molecule has 2 rings (SSSR count). The average molecular weight is 285 g/mol. The third-order valence-corrected chi connectivity index (χ3v) is 3.88. The van der Waals surface area contributed by atoms with Gasteiger partial charge in [-0.2, -0.15) is 0 Å². The van der Waals surface area contributed by atoms with Crippen LogP contribution < -0.4 is 0 Å². The zero-order chi connectivity index (χ0) is 13.3. The van der Waals surface area contributed by atoms with Gasteiger partial charge in [0.1, 0.15) is 0 Å². The fourth-order valence-corrected chi connectivity index (χ4v) is 3.09. The number of rotatable bonds is 2. The van der Waals surface area contributed by atoms with Gasteiger partial charge in [-0.05, 0) is 6.07 Å². The quantitative estimate of drug-likeness (QED) is 0.781. The summed E-state index contributed by atoms with van der Waals surface area (Å²) in [7, 11) is -2.36. The van der Waals surface area contributed by atoms with Crippen LogP contribution in [-0.4, -0.2) is 21.5 Å². The van der Waals surface area contributed by atoms with E-state index in [1.165, 1.54) is 7.11 Å². The highest BCUT2D eigenvalue weighted by molar-refractivity contribution is 7.97. The molecule has 1 aliphatic rings. The van der Waals surface area contributed by atoms with E-state index < -0.39 is 15.8 Å². The van der Waals surface area contributed by atoms with Crippen molar-refractivity contribution >= 4 is 33.0 Å². The molecule has 0 aliphatic carbocycles. The second-order valence-corrected chi connectivity index (χ2v) is 5.68. The van der Waals surface area contributed by atoms with Crippen molar-refractivity contribution in [1.29, 1.82) is 0 Å². The lowest BCUT2D eigenvalue weighted by Gasteiger charge is -2.07. The summed E-state index contributed by atoms with van der Waals surface area (Å²) in [6.07, 6.45) is 0. The molecule has 0 saturated carbocycles. The van der Waals surface area contributed by atoms with E-state index in [0.717, 1.165) is 10.8 Å². The number of ether oxygens (including phenoxy) is 1. The predicted molar refractivity (Wildman–Crippen MR) is 68.4 cm³/mol. The average Bonchev–Trinajstić information content (AvgIpc) is 2.65. The van der Waals surface area contributed by atoms with Gasteiger partial charge in [0.05, 0.1) is 18.1 Å². The van der Waals surface area contributed by atoms with Crippen molar-refractivity contribution in [3.8, 4) is 0 Å².